The molecule has 0 spiro atoms. The quantitative estimate of drug-likeness (QED) is 0.763. The molecule has 1 nitrogen and oxygen atoms in total. The summed E-state index contributed by atoms with van der Waals surface area (Å²) >= 11 is 12.2. The highest BCUT2D eigenvalue weighted by Gasteiger charge is 2.30. The van der Waals surface area contributed by atoms with E-state index in [0.29, 0.717) is 10.0 Å². The second-order valence-corrected chi connectivity index (χ2v) is 7.03. The maximum Gasteiger partial charge on any atom is 0.0595 e. The van der Waals surface area contributed by atoms with Crippen LogP contribution in [0, 0.1) is 0 Å². The van der Waals surface area contributed by atoms with Gasteiger partial charge in [0.25, 0.3) is 0 Å². The van der Waals surface area contributed by atoms with Gasteiger partial charge in [-0.05, 0) is 51.3 Å². The number of nitrogens with one attached hydrogen (secondary N) is 1. The molecule has 0 saturated heterocycles. The number of benzene rings is 1. The second kappa shape index (κ2) is 6.47. The van der Waals surface area contributed by atoms with Crippen molar-refractivity contribution in [3.05, 3.63) is 33.8 Å². The van der Waals surface area contributed by atoms with E-state index in [1.54, 1.807) is 0 Å². The Morgan fingerprint density at radius 2 is 1.58 bits per heavy atom. The van der Waals surface area contributed by atoms with Gasteiger partial charge in [-0.3, -0.25) is 0 Å². The van der Waals surface area contributed by atoms with Crippen LogP contribution in [0.1, 0.15) is 53.0 Å². The molecular weight excluding hydrogens is 277 g/mol. The summed E-state index contributed by atoms with van der Waals surface area (Å²) in [6.45, 7) is 12.0. The normalized spacial score (nSPS) is 12.8. The van der Waals surface area contributed by atoms with E-state index >= 15 is 0 Å². The van der Waals surface area contributed by atoms with Crippen molar-refractivity contribution in [2.45, 2.75) is 58.4 Å². The van der Waals surface area contributed by atoms with E-state index < -0.39 is 0 Å². The van der Waals surface area contributed by atoms with Gasteiger partial charge in [-0.25, -0.2) is 0 Å². The van der Waals surface area contributed by atoms with Crippen LogP contribution < -0.4 is 5.32 Å². The molecule has 0 saturated carbocycles. The van der Waals surface area contributed by atoms with Crippen molar-refractivity contribution in [2.24, 2.45) is 0 Å². The zero-order chi connectivity index (χ0) is 14.7. The molecule has 0 heterocycles. The van der Waals surface area contributed by atoms with E-state index in [-0.39, 0.29) is 11.0 Å². The minimum atomic E-state index is 0.113. The molecule has 0 aliphatic heterocycles. The Balaban J connectivity index is 3.07. The summed E-state index contributed by atoms with van der Waals surface area (Å²) in [5.41, 5.74) is 1.50. The molecule has 19 heavy (non-hydrogen) atoms. The summed E-state index contributed by atoms with van der Waals surface area (Å²) in [5.74, 6) is 0. The van der Waals surface area contributed by atoms with E-state index in [9.17, 15) is 0 Å². The van der Waals surface area contributed by atoms with Crippen LogP contribution in [-0.2, 0) is 5.41 Å². The maximum atomic E-state index is 6.17. The molecule has 0 aromatic heterocycles. The molecule has 3 heteroatoms. The largest absolute Gasteiger partial charge is 0.311 e. The van der Waals surface area contributed by atoms with Gasteiger partial charge in [0.2, 0.25) is 0 Å². The Morgan fingerprint density at radius 1 is 1.00 bits per heavy atom. The summed E-state index contributed by atoms with van der Waals surface area (Å²) in [5, 5.41) is 4.88. The van der Waals surface area contributed by atoms with Crippen molar-refractivity contribution < 1.29 is 0 Å². The fourth-order valence-electron chi connectivity index (χ4n) is 2.27. The monoisotopic (exact) mass is 301 g/mol. The first-order chi connectivity index (χ1) is 8.74. The fourth-order valence-corrected chi connectivity index (χ4v) is 2.57. The lowest BCUT2D eigenvalue weighted by atomic mass is 9.75. The first-order valence-electron chi connectivity index (χ1n) is 6.94. The highest BCUT2D eigenvalue weighted by Crippen LogP contribution is 2.35. The molecule has 1 aromatic carbocycles. The van der Waals surface area contributed by atoms with Crippen molar-refractivity contribution in [1.82, 2.24) is 5.32 Å². The van der Waals surface area contributed by atoms with Gasteiger partial charge in [-0.1, -0.05) is 43.1 Å². The second-order valence-electron chi connectivity index (χ2n) is 6.22. The van der Waals surface area contributed by atoms with Gasteiger partial charge in [-0.15, -0.1) is 0 Å². The van der Waals surface area contributed by atoms with Gasteiger partial charge in [0, 0.05) is 17.5 Å². The van der Waals surface area contributed by atoms with Crippen molar-refractivity contribution in [2.75, 3.05) is 6.54 Å². The van der Waals surface area contributed by atoms with E-state index in [0.717, 1.165) is 19.4 Å². The third-order valence-electron chi connectivity index (χ3n) is 3.84. The summed E-state index contributed by atoms with van der Waals surface area (Å²) in [6, 6.07) is 6.02. The lowest BCUT2D eigenvalue weighted by Gasteiger charge is -2.36. The third kappa shape index (κ3) is 4.37. The van der Waals surface area contributed by atoms with E-state index in [1.807, 2.05) is 12.1 Å². The summed E-state index contributed by atoms with van der Waals surface area (Å²) < 4.78 is 0. The number of halogens is 2. The van der Waals surface area contributed by atoms with Gasteiger partial charge < -0.3 is 5.32 Å². The molecule has 0 fully saturated rings. The van der Waals surface area contributed by atoms with Gasteiger partial charge in [0.05, 0.1) is 10.0 Å². The highest BCUT2D eigenvalue weighted by molar-refractivity contribution is 6.42. The van der Waals surface area contributed by atoms with E-state index in [4.69, 9.17) is 23.2 Å². The molecule has 1 N–H and O–H groups in total. The predicted octanol–water partition coefficient (Wildman–Crippen LogP) is 5.44. The van der Waals surface area contributed by atoms with Gasteiger partial charge >= 0.3 is 0 Å². The van der Waals surface area contributed by atoms with Gasteiger partial charge in [0.1, 0.15) is 0 Å². The molecule has 0 atom stereocenters. The Labute approximate surface area is 127 Å². The van der Waals surface area contributed by atoms with Gasteiger partial charge in [0.15, 0.2) is 0 Å². The third-order valence-corrected chi connectivity index (χ3v) is 4.58. The number of hydrogen-bond donors (Lipinski definition) is 1. The Hall–Kier alpha value is -0.240. The standard InChI is InChI=1S/C16H25Cl2N/c1-6-16(7-2,11-19-15(3,4)5)12-8-9-13(17)14(18)10-12/h8-10,19H,6-7,11H2,1-5H3. The summed E-state index contributed by atoms with van der Waals surface area (Å²) in [6.07, 6.45) is 2.15. The van der Waals surface area contributed by atoms with Crippen molar-refractivity contribution >= 4 is 23.2 Å². The average molecular weight is 302 g/mol. The summed E-state index contributed by atoms with van der Waals surface area (Å²) in [4.78, 5) is 0. The topological polar surface area (TPSA) is 12.0 Å². The molecule has 108 valence electrons. The van der Waals surface area contributed by atoms with Crippen LogP contribution in [0.4, 0.5) is 0 Å². The molecular formula is C16H25Cl2N. The molecule has 0 aliphatic rings. The zero-order valence-corrected chi connectivity index (χ0v) is 14.1. The SMILES string of the molecule is CCC(CC)(CNC(C)(C)C)c1ccc(Cl)c(Cl)c1. The lowest BCUT2D eigenvalue weighted by Crippen LogP contribution is -2.45. The van der Waals surface area contributed by atoms with Crippen molar-refractivity contribution in [3.63, 3.8) is 0 Å². The smallest absolute Gasteiger partial charge is 0.0595 e. The van der Waals surface area contributed by atoms with Crippen LogP contribution in [0.15, 0.2) is 18.2 Å². The molecule has 0 radical (unpaired) electrons. The first-order valence-corrected chi connectivity index (χ1v) is 7.70. The van der Waals surface area contributed by atoms with Crippen LogP contribution in [0.5, 0.6) is 0 Å². The Bertz CT molecular complexity index is 417. The lowest BCUT2D eigenvalue weighted by molar-refractivity contribution is 0.313. The van der Waals surface area contributed by atoms with Crippen molar-refractivity contribution in [3.8, 4) is 0 Å². The van der Waals surface area contributed by atoms with Crippen LogP contribution >= 0.6 is 23.2 Å². The summed E-state index contributed by atoms with van der Waals surface area (Å²) in [7, 11) is 0. The molecule has 0 bridgehead atoms. The first kappa shape index (κ1) is 16.8. The van der Waals surface area contributed by atoms with Gasteiger partial charge in [-0.2, -0.15) is 0 Å². The van der Waals surface area contributed by atoms with Crippen molar-refractivity contribution in [1.29, 1.82) is 0 Å². The molecule has 0 aliphatic carbocycles. The zero-order valence-electron chi connectivity index (χ0n) is 12.6. The molecule has 0 unspecified atom stereocenters. The average Bonchev–Trinajstić information content (AvgIpc) is 2.34. The minimum Gasteiger partial charge on any atom is -0.311 e. The van der Waals surface area contributed by atoms with Crippen LogP contribution in [0.2, 0.25) is 10.0 Å². The van der Waals surface area contributed by atoms with Crippen LogP contribution in [0.25, 0.3) is 0 Å². The predicted molar refractivity (Wildman–Crippen MR) is 86.5 cm³/mol. The van der Waals surface area contributed by atoms with Crippen LogP contribution in [-0.4, -0.2) is 12.1 Å². The van der Waals surface area contributed by atoms with E-state index in [2.05, 4.69) is 46.0 Å². The van der Waals surface area contributed by atoms with Crippen LogP contribution in [0.3, 0.4) is 0 Å². The number of rotatable bonds is 5. The fraction of sp³-hybridized carbons (Fsp3) is 0.625. The maximum absolute atomic E-state index is 6.17. The number of hydrogen-bond acceptors (Lipinski definition) is 1. The highest BCUT2D eigenvalue weighted by atomic mass is 35.5. The Morgan fingerprint density at radius 3 is 2.00 bits per heavy atom. The molecule has 1 aromatic rings. The van der Waals surface area contributed by atoms with E-state index in [1.165, 1.54) is 5.56 Å². The molecule has 0 amide bonds. The molecule has 1 rings (SSSR count). The minimum absolute atomic E-state index is 0.113. The Kier molecular flexibility index (Phi) is 5.73.